The fourth-order valence-electron chi connectivity index (χ4n) is 2.37. The van der Waals surface area contributed by atoms with Crippen molar-refractivity contribution in [2.45, 2.75) is 25.9 Å². The summed E-state index contributed by atoms with van der Waals surface area (Å²) in [6.45, 7) is 4.49. The van der Waals surface area contributed by atoms with Gasteiger partial charge in [-0.1, -0.05) is 30.3 Å². The average Bonchev–Trinajstić information content (AvgIpc) is 2.91. The van der Waals surface area contributed by atoms with Gasteiger partial charge in [0.1, 0.15) is 0 Å². The molecular formula is C16H21N3O2. The van der Waals surface area contributed by atoms with Crippen LogP contribution in [0.4, 0.5) is 0 Å². The lowest BCUT2D eigenvalue weighted by atomic mass is 9.90. The predicted octanol–water partition coefficient (Wildman–Crippen LogP) is 1.87. The molecule has 0 saturated heterocycles. The van der Waals surface area contributed by atoms with E-state index in [1.165, 1.54) is 0 Å². The molecule has 0 fully saturated rings. The van der Waals surface area contributed by atoms with Crippen LogP contribution in [0.2, 0.25) is 0 Å². The van der Waals surface area contributed by atoms with E-state index in [9.17, 15) is 4.79 Å². The third-order valence-electron chi connectivity index (χ3n) is 3.48. The molecule has 1 unspecified atom stereocenters. The van der Waals surface area contributed by atoms with Gasteiger partial charge < -0.3 is 4.74 Å². The van der Waals surface area contributed by atoms with Gasteiger partial charge in [-0.2, -0.15) is 5.10 Å². The monoisotopic (exact) mass is 287 g/mol. The zero-order chi connectivity index (χ0) is 15.3. The van der Waals surface area contributed by atoms with E-state index in [0.717, 1.165) is 11.1 Å². The fourth-order valence-corrected chi connectivity index (χ4v) is 2.37. The number of ether oxygens (including phenoxy) is 1. The first-order chi connectivity index (χ1) is 10.1. The maximum atomic E-state index is 12.6. The van der Waals surface area contributed by atoms with Gasteiger partial charge in [-0.3, -0.25) is 10.00 Å². The average molecular weight is 287 g/mol. The lowest BCUT2D eigenvalue weighted by Gasteiger charge is -2.31. The zero-order valence-electron chi connectivity index (χ0n) is 12.7. The SMILES string of the molecule is CCOC(=O)C(Cn1cc(C)cn1)(NC)c1ccccc1. The smallest absolute Gasteiger partial charge is 0.332 e. The van der Waals surface area contributed by atoms with Crippen LogP contribution in [-0.2, 0) is 21.6 Å². The first-order valence-corrected chi connectivity index (χ1v) is 7.03. The Morgan fingerprint density at radius 1 is 1.38 bits per heavy atom. The van der Waals surface area contributed by atoms with Crippen LogP contribution in [0.1, 0.15) is 18.1 Å². The van der Waals surface area contributed by atoms with E-state index in [0.29, 0.717) is 13.2 Å². The van der Waals surface area contributed by atoms with Gasteiger partial charge in [0.2, 0.25) is 0 Å². The number of esters is 1. The molecule has 112 valence electrons. The molecule has 1 atom stereocenters. The Balaban J connectivity index is 2.43. The summed E-state index contributed by atoms with van der Waals surface area (Å²) in [5.74, 6) is -0.299. The number of hydrogen-bond donors (Lipinski definition) is 1. The third-order valence-corrected chi connectivity index (χ3v) is 3.48. The maximum Gasteiger partial charge on any atom is 0.332 e. The zero-order valence-corrected chi connectivity index (χ0v) is 12.7. The Kier molecular flexibility index (Phi) is 4.75. The van der Waals surface area contributed by atoms with Gasteiger partial charge in [0.15, 0.2) is 5.54 Å². The Bertz CT molecular complexity index is 595. The van der Waals surface area contributed by atoms with Crippen molar-refractivity contribution < 1.29 is 9.53 Å². The van der Waals surface area contributed by atoms with Crippen LogP contribution < -0.4 is 5.32 Å². The summed E-state index contributed by atoms with van der Waals surface area (Å²) in [5.41, 5.74) is 0.964. The van der Waals surface area contributed by atoms with Gasteiger partial charge in [-0.25, -0.2) is 4.79 Å². The molecule has 0 amide bonds. The first-order valence-electron chi connectivity index (χ1n) is 7.03. The van der Waals surface area contributed by atoms with Crippen LogP contribution in [0.5, 0.6) is 0 Å². The third kappa shape index (κ3) is 3.13. The van der Waals surface area contributed by atoms with Gasteiger partial charge in [-0.05, 0) is 32.0 Å². The second-order valence-corrected chi connectivity index (χ2v) is 4.96. The minimum Gasteiger partial charge on any atom is -0.464 e. The van der Waals surface area contributed by atoms with Crippen LogP contribution in [0, 0.1) is 6.92 Å². The molecule has 0 radical (unpaired) electrons. The van der Waals surface area contributed by atoms with E-state index >= 15 is 0 Å². The minimum absolute atomic E-state index is 0.299. The highest BCUT2D eigenvalue weighted by atomic mass is 16.5. The van der Waals surface area contributed by atoms with E-state index in [4.69, 9.17) is 4.74 Å². The Morgan fingerprint density at radius 2 is 2.10 bits per heavy atom. The fraction of sp³-hybridized carbons (Fsp3) is 0.375. The number of nitrogens with zero attached hydrogens (tertiary/aromatic N) is 2. The standard InChI is InChI=1S/C16H21N3O2/c1-4-21-15(20)16(17-3,14-8-6-5-7-9-14)12-19-11-13(2)10-18-19/h5-11,17H,4,12H2,1-3H3. The second kappa shape index (κ2) is 6.54. The molecule has 5 heteroatoms. The summed E-state index contributed by atoms with van der Waals surface area (Å²) in [6.07, 6.45) is 3.69. The molecule has 21 heavy (non-hydrogen) atoms. The van der Waals surface area contributed by atoms with Crippen molar-refractivity contribution in [3.05, 3.63) is 53.9 Å². The summed E-state index contributed by atoms with van der Waals surface area (Å²) >= 11 is 0. The number of carbonyl (C=O) groups is 1. The molecule has 1 aromatic carbocycles. The molecule has 1 N–H and O–H groups in total. The molecule has 0 aliphatic heterocycles. The highest BCUT2D eigenvalue weighted by Crippen LogP contribution is 2.25. The lowest BCUT2D eigenvalue weighted by molar-refractivity contribution is -0.152. The van der Waals surface area contributed by atoms with Crippen molar-refractivity contribution in [3.8, 4) is 0 Å². The number of aryl methyl sites for hydroxylation is 1. The predicted molar refractivity (Wildman–Crippen MR) is 80.8 cm³/mol. The van der Waals surface area contributed by atoms with Crippen LogP contribution in [0.25, 0.3) is 0 Å². The summed E-state index contributed by atoms with van der Waals surface area (Å²) in [6, 6.07) is 9.59. The molecule has 1 aromatic heterocycles. The molecule has 0 bridgehead atoms. The Morgan fingerprint density at radius 3 is 2.62 bits per heavy atom. The van der Waals surface area contributed by atoms with E-state index < -0.39 is 5.54 Å². The van der Waals surface area contributed by atoms with Crippen molar-refractivity contribution in [1.29, 1.82) is 0 Å². The van der Waals surface area contributed by atoms with E-state index in [-0.39, 0.29) is 5.97 Å². The van der Waals surface area contributed by atoms with Crippen molar-refractivity contribution in [1.82, 2.24) is 15.1 Å². The molecule has 5 nitrogen and oxygen atoms in total. The molecule has 0 spiro atoms. The molecule has 2 aromatic rings. The van der Waals surface area contributed by atoms with Crippen LogP contribution in [-0.4, -0.2) is 29.4 Å². The number of benzene rings is 1. The number of aromatic nitrogens is 2. The number of hydrogen-bond acceptors (Lipinski definition) is 4. The van der Waals surface area contributed by atoms with Gasteiger partial charge in [0, 0.05) is 6.20 Å². The Labute approximate surface area is 124 Å². The largest absolute Gasteiger partial charge is 0.464 e. The normalized spacial score (nSPS) is 13.7. The number of rotatable bonds is 6. The van der Waals surface area contributed by atoms with Gasteiger partial charge in [-0.15, -0.1) is 0 Å². The van der Waals surface area contributed by atoms with Crippen molar-refractivity contribution in [3.63, 3.8) is 0 Å². The van der Waals surface area contributed by atoms with Crippen molar-refractivity contribution in [2.75, 3.05) is 13.7 Å². The highest BCUT2D eigenvalue weighted by Gasteiger charge is 2.41. The number of nitrogens with one attached hydrogen (secondary N) is 1. The number of carbonyl (C=O) groups excluding carboxylic acids is 1. The first kappa shape index (κ1) is 15.3. The van der Waals surface area contributed by atoms with E-state index in [1.807, 2.05) is 43.5 Å². The van der Waals surface area contributed by atoms with Crippen molar-refractivity contribution >= 4 is 5.97 Å². The number of likely N-dealkylation sites (N-methyl/N-ethyl adjacent to an activating group) is 1. The summed E-state index contributed by atoms with van der Waals surface area (Å²) in [5, 5.41) is 7.42. The topological polar surface area (TPSA) is 56.2 Å². The molecular weight excluding hydrogens is 266 g/mol. The molecule has 2 rings (SSSR count). The van der Waals surface area contributed by atoms with Gasteiger partial charge in [0.05, 0.1) is 19.3 Å². The van der Waals surface area contributed by atoms with Gasteiger partial charge in [0.25, 0.3) is 0 Å². The summed E-state index contributed by atoms with van der Waals surface area (Å²) in [4.78, 5) is 12.6. The van der Waals surface area contributed by atoms with E-state index in [1.54, 1.807) is 24.9 Å². The maximum absolute atomic E-state index is 12.6. The second-order valence-electron chi connectivity index (χ2n) is 4.96. The van der Waals surface area contributed by atoms with Gasteiger partial charge >= 0.3 is 5.97 Å². The van der Waals surface area contributed by atoms with Crippen molar-refractivity contribution in [2.24, 2.45) is 0 Å². The lowest BCUT2D eigenvalue weighted by Crippen LogP contribution is -2.51. The highest BCUT2D eigenvalue weighted by molar-refractivity contribution is 5.82. The molecule has 0 saturated carbocycles. The molecule has 0 aliphatic rings. The van der Waals surface area contributed by atoms with Crippen LogP contribution in [0.3, 0.4) is 0 Å². The molecule has 0 aliphatic carbocycles. The van der Waals surface area contributed by atoms with Crippen LogP contribution in [0.15, 0.2) is 42.7 Å². The summed E-state index contributed by atoms with van der Waals surface area (Å²) in [7, 11) is 1.76. The molecule has 1 heterocycles. The quantitative estimate of drug-likeness (QED) is 0.824. The summed E-state index contributed by atoms with van der Waals surface area (Å²) < 4.78 is 7.05. The van der Waals surface area contributed by atoms with E-state index in [2.05, 4.69) is 10.4 Å². The Hall–Kier alpha value is -2.14. The minimum atomic E-state index is -0.949. The van der Waals surface area contributed by atoms with Crippen LogP contribution >= 0.6 is 0 Å².